The van der Waals surface area contributed by atoms with Crippen LogP contribution < -0.4 is 19.5 Å². The van der Waals surface area contributed by atoms with E-state index in [1.165, 1.54) is 0 Å². The van der Waals surface area contributed by atoms with Gasteiger partial charge in [0, 0.05) is 12.1 Å². The first-order valence-electron chi connectivity index (χ1n) is 10.2. The molecule has 2 aromatic carbocycles. The Morgan fingerprint density at radius 1 is 0.931 bits per heavy atom. The zero-order chi connectivity index (χ0) is 21.2. The Labute approximate surface area is 174 Å². The maximum Gasteiger partial charge on any atom is 0.251 e. The summed E-state index contributed by atoms with van der Waals surface area (Å²) in [6, 6.07) is 12.9. The summed E-state index contributed by atoms with van der Waals surface area (Å²) in [6.45, 7) is 10.2. The van der Waals surface area contributed by atoms with Crippen molar-refractivity contribution in [1.29, 1.82) is 0 Å². The number of carbonyl (C=O) groups is 1. The SMILES string of the molecule is COc1cc(CNC(=O)c2ccc(OCC(C)C)cc2)ccc1OCCC(C)C. The summed E-state index contributed by atoms with van der Waals surface area (Å²) in [5, 5.41) is 2.94. The lowest BCUT2D eigenvalue weighted by Crippen LogP contribution is -2.22. The van der Waals surface area contributed by atoms with Gasteiger partial charge in [-0.25, -0.2) is 0 Å². The van der Waals surface area contributed by atoms with E-state index in [0.29, 0.717) is 42.9 Å². The summed E-state index contributed by atoms with van der Waals surface area (Å²) in [5.74, 6) is 3.09. The van der Waals surface area contributed by atoms with E-state index in [0.717, 1.165) is 23.5 Å². The highest BCUT2D eigenvalue weighted by atomic mass is 16.5. The monoisotopic (exact) mass is 399 g/mol. The average Bonchev–Trinajstić information content (AvgIpc) is 2.71. The molecule has 0 unspecified atom stereocenters. The Balaban J connectivity index is 1.90. The Kier molecular flexibility index (Phi) is 8.84. The Hall–Kier alpha value is -2.69. The fourth-order valence-electron chi connectivity index (χ4n) is 2.60. The molecule has 0 radical (unpaired) electrons. The van der Waals surface area contributed by atoms with E-state index >= 15 is 0 Å². The summed E-state index contributed by atoms with van der Waals surface area (Å²) in [5.41, 5.74) is 1.55. The molecule has 5 heteroatoms. The minimum Gasteiger partial charge on any atom is -0.493 e. The van der Waals surface area contributed by atoms with Crippen molar-refractivity contribution >= 4 is 5.91 Å². The molecule has 0 saturated heterocycles. The molecule has 1 amide bonds. The summed E-state index contributed by atoms with van der Waals surface area (Å²) >= 11 is 0. The quantitative estimate of drug-likeness (QED) is 0.572. The van der Waals surface area contributed by atoms with Crippen molar-refractivity contribution in [3.8, 4) is 17.2 Å². The van der Waals surface area contributed by atoms with E-state index in [2.05, 4.69) is 33.0 Å². The van der Waals surface area contributed by atoms with Crippen molar-refractivity contribution in [2.45, 2.75) is 40.7 Å². The van der Waals surface area contributed by atoms with E-state index in [4.69, 9.17) is 14.2 Å². The number of nitrogens with one attached hydrogen (secondary N) is 1. The van der Waals surface area contributed by atoms with E-state index < -0.39 is 0 Å². The van der Waals surface area contributed by atoms with Crippen LogP contribution in [0.15, 0.2) is 42.5 Å². The van der Waals surface area contributed by atoms with Gasteiger partial charge in [0.2, 0.25) is 0 Å². The number of hydrogen-bond acceptors (Lipinski definition) is 4. The summed E-state index contributed by atoms with van der Waals surface area (Å²) in [4.78, 5) is 12.4. The molecule has 0 atom stereocenters. The third-order valence-electron chi connectivity index (χ3n) is 4.33. The number of carbonyl (C=O) groups excluding carboxylic acids is 1. The van der Waals surface area contributed by atoms with Crippen LogP contribution in [0.3, 0.4) is 0 Å². The Bertz CT molecular complexity index is 769. The van der Waals surface area contributed by atoms with E-state index in [-0.39, 0.29) is 5.91 Å². The second kappa shape index (κ2) is 11.3. The van der Waals surface area contributed by atoms with Crippen LogP contribution in [0.1, 0.15) is 50.0 Å². The summed E-state index contributed by atoms with van der Waals surface area (Å²) in [7, 11) is 1.62. The van der Waals surface area contributed by atoms with Gasteiger partial charge in [0.05, 0.1) is 20.3 Å². The maximum absolute atomic E-state index is 12.4. The van der Waals surface area contributed by atoms with Crippen molar-refractivity contribution in [2.75, 3.05) is 20.3 Å². The van der Waals surface area contributed by atoms with Crippen LogP contribution in [0.2, 0.25) is 0 Å². The molecule has 29 heavy (non-hydrogen) atoms. The first-order valence-corrected chi connectivity index (χ1v) is 10.2. The molecule has 158 valence electrons. The standard InChI is InChI=1S/C24H33NO4/c1-17(2)12-13-28-22-11-6-19(14-23(22)27-5)15-25-24(26)20-7-9-21(10-8-20)29-16-18(3)4/h6-11,14,17-18H,12-13,15-16H2,1-5H3,(H,25,26). The van der Waals surface area contributed by atoms with Gasteiger partial charge in [-0.3, -0.25) is 4.79 Å². The van der Waals surface area contributed by atoms with E-state index in [1.54, 1.807) is 19.2 Å². The van der Waals surface area contributed by atoms with Gasteiger partial charge in [-0.2, -0.15) is 0 Å². The van der Waals surface area contributed by atoms with Gasteiger partial charge in [-0.15, -0.1) is 0 Å². The topological polar surface area (TPSA) is 56.8 Å². The highest BCUT2D eigenvalue weighted by Gasteiger charge is 2.09. The molecule has 1 N–H and O–H groups in total. The molecular formula is C24H33NO4. The predicted octanol–water partition coefficient (Wildman–Crippen LogP) is 5.08. The lowest BCUT2D eigenvalue weighted by Gasteiger charge is -2.13. The van der Waals surface area contributed by atoms with Gasteiger partial charge in [-0.1, -0.05) is 33.8 Å². The van der Waals surface area contributed by atoms with Gasteiger partial charge < -0.3 is 19.5 Å². The Morgan fingerprint density at radius 3 is 2.28 bits per heavy atom. The van der Waals surface area contributed by atoms with Crippen molar-refractivity contribution in [1.82, 2.24) is 5.32 Å². The van der Waals surface area contributed by atoms with Crippen molar-refractivity contribution in [3.63, 3.8) is 0 Å². The smallest absolute Gasteiger partial charge is 0.251 e. The minimum absolute atomic E-state index is 0.128. The van der Waals surface area contributed by atoms with Crippen LogP contribution in [0, 0.1) is 11.8 Å². The molecule has 0 heterocycles. The maximum atomic E-state index is 12.4. The zero-order valence-corrected chi connectivity index (χ0v) is 18.2. The second-order valence-corrected chi connectivity index (χ2v) is 7.93. The number of rotatable bonds is 11. The molecule has 2 aromatic rings. The molecule has 0 aliphatic carbocycles. The van der Waals surface area contributed by atoms with Crippen molar-refractivity contribution < 1.29 is 19.0 Å². The molecule has 0 fully saturated rings. The number of amides is 1. The zero-order valence-electron chi connectivity index (χ0n) is 18.2. The van der Waals surface area contributed by atoms with Gasteiger partial charge in [0.25, 0.3) is 5.91 Å². The first-order chi connectivity index (χ1) is 13.9. The van der Waals surface area contributed by atoms with E-state index in [9.17, 15) is 4.79 Å². The molecule has 0 aromatic heterocycles. The van der Waals surface area contributed by atoms with Crippen LogP contribution >= 0.6 is 0 Å². The van der Waals surface area contributed by atoms with Crippen LogP contribution in [-0.4, -0.2) is 26.2 Å². The van der Waals surface area contributed by atoms with Gasteiger partial charge in [0.15, 0.2) is 11.5 Å². The number of methoxy groups -OCH3 is 1. The Morgan fingerprint density at radius 2 is 1.66 bits per heavy atom. The highest BCUT2D eigenvalue weighted by Crippen LogP contribution is 2.28. The number of benzene rings is 2. The van der Waals surface area contributed by atoms with Crippen molar-refractivity contribution in [2.24, 2.45) is 11.8 Å². The number of ether oxygens (including phenoxy) is 3. The molecule has 0 saturated carbocycles. The predicted molar refractivity (Wildman–Crippen MR) is 116 cm³/mol. The van der Waals surface area contributed by atoms with Crippen LogP contribution in [0.5, 0.6) is 17.2 Å². The van der Waals surface area contributed by atoms with Crippen molar-refractivity contribution in [3.05, 3.63) is 53.6 Å². The summed E-state index contributed by atoms with van der Waals surface area (Å²) < 4.78 is 16.9. The highest BCUT2D eigenvalue weighted by molar-refractivity contribution is 5.94. The fourth-order valence-corrected chi connectivity index (χ4v) is 2.60. The molecule has 2 rings (SSSR count). The first kappa shape index (κ1) is 22.6. The third kappa shape index (κ3) is 7.68. The molecule has 5 nitrogen and oxygen atoms in total. The third-order valence-corrected chi connectivity index (χ3v) is 4.33. The molecule has 0 aliphatic rings. The molecular weight excluding hydrogens is 366 g/mol. The fraction of sp³-hybridized carbons (Fsp3) is 0.458. The largest absolute Gasteiger partial charge is 0.493 e. The average molecular weight is 400 g/mol. The molecule has 0 aliphatic heterocycles. The molecule has 0 spiro atoms. The second-order valence-electron chi connectivity index (χ2n) is 7.93. The lowest BCUT2D eigenvalue weighted by molar-refractivity contribution is 0.0951. The number of hydrogen-bond donors (Lipinski definition) is 1. The van der Waals surface area contributed by atoms with Crippen LogP contribution in [-0.2, 0) is 6.54 Å². The van der Waals surface area contributed by atoms with Gasteiger partial charge >= 0.3 is 0 Å². The lowest BCUT2D eigenvalue weighted by atomic mass is 10.1. The van der Waals surface area contributed by atoms with Gasteiger partial charge in [0.1, 0.15) is 5.75 Å². The van der Waals surface area contributed by atoms with Crippen LogP contribution in [0.4, 0.5) is 0 Å². The normalized spacial score (nSPS) is 10.9. The minimum atomic E-state index is -0.128. The van der Waals surface area contributed by atoms with Crippen LogP contribution in [0.25, 0.3) is 0 Å². The van der Waals surface area contributed by atoms with Gasteiger partial charge in [-0.05, 0) is 60.2 Å². The van der Waals surface area contributed by atoms with E-state index in [1.807, 2.05) is 30.3 Å². The molecule has 0 bridgehead atoms. The summed E-state index contributed by atoms with van der Waals surface area (Å²) in [6.07, 6.45) is 0.988.